The average Bonchev–Trinajstić information content (AvgIpc) is 2.49. The third kappa shape index (κ3) is 3.59. The Morgan fingerprint density at radius 3 is 2.30 bits per heavy atom. The van der Waals surface area contributed by atoms with Crippen LogP contribution < -0.4 is 11.1 Å². The van der Waals surface area contributed by atoms with Crippen molar-refractivity contribution in [3.63, 3.8) is 0 Å². The van der Waals surface area contributed by atoms with E-state index in [0.29, 0.717) is 18.1 Å². The molecule has 0 radical (unpaired) electrons. The van der Waals surface area contributed by atoms with Gasteiger partial charge in [0, 0.05) is 11.3 Å². The Kier molecular flexibility index (Phi) is 6.65. The van der Waals surface area contributed by atoms with Gasteiger partial charge < -0.3 is 16.3 Å². The van der Waals surface area contributed by atoms with Crippen LogP contribution in [0.15, 0.2) is 5.16 Å². The maximum absolute atomic E-state index is 12.6. The maximum atomic E-state index is 12.6. The van der Waals surface area contributed by atoms with Crippen molar-refractivity contribution < 1.29 is 10.0 Å². The molecule has 0 unspecified atom stereocenters. The van der Waals surface area contributed by atoms with Crippen LogP contribution in [0.1, 0.15) is 52.4 Å². The van der Waals surface area contributed by atoms with Crippen molar-refractivity contribution in [2.24, 2.45) is 16.3 Å². The Morgan fingerprint density at radius 2 is 1.90 bits per heavy atom. The normalized spacial score (nSPS) is 24.4. The van der Waals surface area contributed by atoms with Crippen molar-refractivity contribution in [2.75, 3.05) is 6.26 Å². The lowest BCUT2D eigenvalue weighted by atomic mass is 9.79. The molecule has 0 aliphatic heterocycles. The van der Waals surface area contributed by atoms with Crippen molar-refractivity contribution in [2.45, 2.75) is 63.7 Å². The summed E-state index contributed by atoms with van der Waals surface area (Å²) in [5.74, 6) is -0.0943. The number of carbonyl (C=O) groups is 1. The molecule has 0 aromatic carbocycles. The fourth-order valence-electron chi connectivity index (χ4n) is 2.91. The molecule has 20 heavy (non-hydrogen) atoms. The lowest BCUT2D eigenvalue weighted by Crippen LogP contribution is -2.52. The first-order valence-corrected chi connectivity index (χ1v) is 8.64. The zero-order chi connectivity index (χ0) is 15.2. The van der Waals surface area contributed by atoms with E-state index < -0.39 is 5.41 Å². The van der Waals surface area contributed by atoms with Gasteiger partial charge in [0.15, 0.2) is 5.84 Å². The van der Waals surface area contributed by atoms with Gasteiger partial charge in [-0.25, -0.2) is 0 Å². The molecule has 1 amide bonds. The van der Waals surface area contributed by atoms with Crippen LogP contribution in [-0.4, -0.2) is 34.5 Å². The van der Waals surface area contributed by atoms with Gasteiger partial charge in [-0.05, 0) is 44.8 Å². The topological polar surface area (TPSA) is 87.7 Å². The Hall–Kier alpha value is -0.910. The Labute approximate surface area is 125 Å². The van der Waals surface area contributed by atoms with Crippen LogP contribution in [0.5, 0.6) is 0 Å². The minimum atomic E-state index is -0.884. The van der Waals surface area contributed by atoms with Crippen molar-refractivity contribution >= 4 is 23.5 Å². The SMILES string of the molecule is CCC(CC)(C(=O)NC1CCC(SC)CC1)C(N)=NO. The molecule has 0 aromatic rings. The molecule has 5 nitrogen and oxygen atoms in total. The third-order valence-corrected chi connectivity index (χ3v) is 5.72. The molecule has 1 fully saturated rings. The minimum Gasteiger partial charge on any atom is -0.409 e. The monoisotopic (exact) mass is 301 g/mol. The van der Waals surface area contributed by atoms with E-state index in [-0.39, 0.29) is 17.8 Å². The molecule has 0 saturated heterocycles. The highest BCUT2D eigenvalue weighted by Gasteiger charge is 2.40. The van der Waals surface area contributed by atoms with Crippen LogP contribution in [-0.2, 0) is 4.79 Å². The molecule has 4 N–H and O–H groups in total. The summed E-state index contributed by atoms with van der Waals surface area (Å²) in [6.45, 7) is 3.79. The first kappa shape index (κ1) is 17.1. The van der Waals surface area contributed by atoms with E-state index >= 15 is 0 Å². The first-order valence-electron chi connectivity index (χ1n) is 7.35. The molecule has 1 aliphatic rings. The molecule has 0 aromatic heterocycles. The van der Waals surface area contributed by atoms with Crippen LogP contribution >= 0.6 is 11.8 Å². The molecule has 0 heterocycles. The summed E-state index contributed by atoms with van der Waals surface area (Å²) in [5.41, 5.74) is 4.87. The number of thioether (sulfide) groups is 1. The molecule has 0 bridgehead atoms. The largest absolute Gasteiger partial charge is 0.409 e. The van der Waals surface area contributed by atoms with Gasteiger partial charge in [0.25, 0.3) is 0 Å². The van der Waals surface area contributed by atoms with Gasteiger partial charge in [0.1, 0.15) is 5.41 Å². The molecule has 0 atom stereocenters. The lowest BCUT2D eigenvalue weighted by Gasteiger charge is -2.33. The van der Waals surface area contributed by atoms with E-state index in [2.05, 4.69) is 16.7 Å². The highest BCUT2D eigenvalue weighted by Crippen LogP contribution is 2.30. The van der Waals surface area contributed by atoms with E-state index in [1.165, 1.54) is 0 Å². The van der Waals surface area contributed by atoms with Gasteiger partial charge in [0.2, 0.25) is 5.91 Å². The van der Waals surface area contributed by atoms with Crippen LogP contribution in [0.4, 0.5) is 0 Å². The average molecular weight is 301 g/mol. The second kappa shape index (κ2) is 7.76. The molecule has 1 saturated carbocycles. The predicted molar refractivity (Wildman–Crippen MR) is 84.1 cm³/mol. The number of rotatable bonds is 6. The summed E-state index contributed by atoms with van der Waals surface area (Å²) >= 11 is 1.90. The fraction of sp³-hybridized carbons (Fsp3) is 0.857. The zero-order valence-electron chi connectivity index (χ0n) is 12.7. The number of hydrogen-bond donors (Lipinski definition) is 3. The van der Waals surface area contributed by atoms with E-state index in [1.54, 1.807) is 0 Å². The number of nitrogens with one attached hydrogen (secondary N) is 1. The van der Waals surface area contributed by atoms with Gasteiger partial charge in [-0.3, -0.25) is 4.79 Å². The van der Waals surface area contributed by atoms with Gasteiger partial charge in [0.05, 0.1) is 0 Å². The van der Waals surface area contributed by atoms with Crippen molar-refractivity contribution in [3.8, 4) is 0 Å². The van der Waals surface area contributed by atoms with Gasteiger partial charge in [-0.2, -0.15) is 11.8 Å². The molecule has 1 aliphatic carbocycles. The minimum absolute atomic E-state index is 0.0119. The molecule has 1 rings (SSSR count). The second-order valence-electron chi connectivity index (χ2n) is 5.46. The first-order chi connectivity index (χ1) is 9.53. The van der Waals surface area contributed by atoms with E-state index in [0.717, 1.165) is 25.7 Å². The van der Waals surface area contributed by atoms with Crippen LogP contribution in [0.3, 0.4) is 0 Å². The lowest BCUT2D eigenvalue weighted by molar-refractivity contribution is -0.129. The summed E-state index contributed by atoms with van der Waals surface area (Å²) in [4.78, 5) is 12.6. The number of amides is 1. The summed E-state index contributed by atoms with van der Waals surface area (Å²) in [5, 5.41) is 15.8. The summed E-state index contributed by atoms with van der Waals surface area (Å²) < 4.78 is 0. The Bertz CT molecular complexity index is 348. The number of carbonyl (C=O) groups excluding carboxylic acids is 1. The number of oxime groups is 1. The molecule has 6 heteroatoms. The number of nitrogens with two attached hydrogens (primary N) is 1. The third-order valence-electron chi connectivity index (χ3n) is 4.58. The second-order valence-corrected chi connectivity index (χ2v) is 6.60. The highest BCUT2D eigenvalue weighted by molar-refractivity contribution is 7.99. The number of nitrogens with zero attached hydrogens (tertiary/aromatic N) is 1. The van der Waals surface area contributed by atoms with Crippen molar-refractivity contribution in [1.29, 1.82) is 0 Å². The van der Waals surface area contributed by atoms with Gasteiger partial charge >= 0.3 is 0 Å². The number of hydrogen-bond acceptors (Lipinski definition) is 4. The van der Waals surface area contributed by atoms with Gasteiger partial charge in [-0.1, -0.05) is 19.0 Å². The highest BCUT2D eigenvalue weighted by atomic mass is 32.2. The van der Waals surface area contributed by atoms with E-state index in [1.807, 2.05) is 25.6 Å². The van der Waals surface area contributed by atoms with Crippen LogP contribution in [0.2, 0.25) is 0 Å². The standard InChI is InChI=1S/C14H27N3O2S/c1-4-14(5-2,12(15)17-19)13(18)16-10-6-8-11(20-3)9-7-10/h10-11,19H,4-9H2,1-3H3,(H2,15,17)(H,16,18). The van der Waals surface area contributed by atoms with Crippen molar-refractivity contribution in [1.82, 2.24) is 5.32 Å². The smallest absolute Gasteiger partial charge is 0.234 e. The molecule has 0 spiro atoms. The number of amidine groups is 1. The van der Waals surface area contributed by atoms with Gasteiger partial charge in [-0.15, -0.1) is 0 Å². The summed E-state index contributed by atoms with van der Waals surface area (Å²) in [6.07, 6.45) is 7.51. The quantitative estimate of drug-likeness (QED) is 0.304. The Balaban J connectivity index is 2.69. The predicted octanol–water partition coefficient (Wildman–Crippen LogP) is 2.33. The molecular formula is C14H27N3O2S. The molecule has 116 valence electrons. The fourth-order valence-corrected chi connectivity index (χ4v) is 3.66. The maximum Gasteiger partial charge on any atom is 0.234 e. The van der Waals surface area contributed by atoms with Crippen LogP contribution in [0, 0.1) is 5.41 Å². The van der Waals surface area contributed by atoms with Crippen LogP contribution in [0.25, 0.3) is 0 Å². The van der Waals surface area contributed by atoms with E-state index in [4.69, 9.17) is 10.9 Å². The Morgan fingerprint density at radius 1 is 1.35 bits per heavy atom. The molecular weight excluding hydrogens is 274 g/mol. The summed E-state index contributed by atoms with van der Waals surface area (Å²) in [7, 11) is 0. The summed E-state index contributed by atoms with van der Waals surface area (Å²) in [6, 6.07) is 0.217. The van der Waals surface area contributed by atoms with E-state index in [9.17, 15) is 4.79 Å². The zero-order valence-corrected chi connectivity index (χ0v) is 13.5. The van der Waals surface area contributed by atoms with Crippen molar-refractivity contribution in [3.05, 3.63) is 0 Å².